The molecule has 198 valence electrons. The molecule has 0 saturated heterocycles. The number of amides is 3. The zero-order chi connectivity index (χ0) is 27.9. The number of urea groups is 1. The number of para-hydroxylation sites is 2. The number of aliphatic imine (C=N–C) groups is 1. The molecular formula is C29H26N4O6. The summed E-state index contributed by atoms with van der Waals surface area (Å²) >= 11 is 0. The van der Waals surface area contributed by atoms with Crippen LogP contribution in [0.25, 0.3) is 11.8 Å². The van der Waals surface area contributed by atoms with Crippen molar-refractivity contribution in [1.29, 1.82) is 0 Å². The van der Waals surface area contributed by atoms with Crippen molar-refractivity contribution in [3.05, 3.63) is 117 Å². The molecule has 0 fully saturated rings. The Morgan fingerprint density at radius 1 is 0.949 bits per heavy atom. The summed E-state index contributed by atoms with van der Waals surface area (Å²) in [6, 6.07) is 16.1. The molecule has 1 aromatic heterocycles. The van der Waals surface area contributed by atoms with E-state index < -0.39 is 29.3 Å². The van der Waals surface area contributed by atoms with Crippen LogP contribution in [0.1, 0.15) is 19.4 Å². The monoisotopic (exact) mass is 526 g/mol. The van der Waals surface area contributed by atoms with Crippen LogP contribution in [0.2, 0.25) is 0 Å². The van der Waals surface area contributed by atoms with Crippen molar-refractivity contribution in [3.8, 4) is 11.6 Å². The maximum absolute atomic E-state index is 13.2. The number of nitrogens with zero attached hydrogens (tertiary/aromatic N) is 3. The SMILES string of the molecule is CCOc1[nH]c(=O)n(-c2ccccc2)c(=O)c1C=CC=CC=C1C(=O)N(c2ccccc2)C(=O)N=C1C(C)O. The number of imide groups is 1. The number of hydrogen-bond donors (Lipinski definition) is 2. The van der Waals surface area contributed by atoms with Gasteiger partial charge in [-0.15, -0.1) is 0 Å². The normalized spacial score (nSPS) is 15.8. The Morgan fingerprint density at radius 2 is 1.59 bits per heavy atom. The van der Waals surface area contributed by atoms with Crippen molar-refractivity contribution in [2.45, 2.75) is 20.0 Å². The minimum Gasteiger partial charge on any atom is -0.479 e. The second-order valence-corrected chi connectivity index (χ2v) is 8.34. The average molecular weight is 527 g/mol. The quantitative estimate of drug-likeness (QED) is 0.341. The number of aromatic amines is 1. The largest absolute Gasteiger partial charge is 0.479 e. The molecule has 1 aliphatic rings. The number of aliphatic hydroxyl groups excluding tert-OH is 1. The Hall–Kier alpha value is -5.09. The van der Waals surface area contributed by atoms with Crippen LogP contribution in [0, 0.1) is 0 Å². The van der Waals surface area contributed by atoms with Crippen LogP contribution in [-0.4, -0.2) is 45.0 Å². The van der Waals surface area contributed by atoms with Crippen molar-refractivity contribution in [1.82, 2.24) is 9.55 Å². The van der Waals surface area contributed by atoms with Gasteiger partial charge < -0.3 is 9.84 Å². The summed E-state index contributed by atoms with van der Waals surface area (Å²) in [7, 11) is 0. The third-order valence-electron chi connectivity index (χ3n) is 5.68. The van der Waals surface area contributed by atoms with Gasteiger partial charge >= 0.3 is 11.7 Å². The number of rotatable bonds is 8. The lowest BCUT2D eigenvalue weighted by Crippen LogP contribution is -2.44. The van der Waals surface area contributed by atoms with Crippen molar-refractivity contribution in [3.63, 3.8) is 0 Å². The molecule has 3 amide bonds. The van der Waals surface area contributed by atoms with Gasteiger partial charge in [-0.05, 0) is 50.3 Å². The van der Waals surface area contributed by atoms with Gasteiger partial charge in [-0.25, -0.2) is 19.1 Å². The highest BCUT2D eigenvalue weighted by Crippen LogP contribution is 2.23. The van der Waals surface area contributed by atoms with Gasteiger partial charge in [0.05, 0.1) is 35.4 Å². The summed E-state index contributed by atoms with van der Waals surface area (Å²) in [4.78, 5) is 59.0. The fourth-order valence-corrected chi connectivity index (χ4v) is 3.92. The number of benzene rings is 2. The number of carbonyl (C=O) groups excluding carboxylic acids is 2. The fourth-order valence-electron chi connectivity index (χ4n) is 3.92. The number of H-pyrrole nitrogens is 1. The van der Waals surface area contributed by atoms with E-state index in [0.717, 1.165) is 9.47 Å². The van der Waals surface area contributed by atoms with Crippen LogP contribution >= 0.6 is 0 Å². The molecule has 0 bridgehead atoms. The maximum Gasteiger partial charge on any atom is 0.355 e. The predicted molar refractivity (Wildman–Crippen MR) is 149 cm³/mol. The molecule has 2 N–H and O–H groups in total. The average Bonchev–Trinajstić information content (AvgIpc) is 2.92. The molecule has 0 radical (unpaired) electrons. The minimum absolute atomic E-state index is 0.0330. The van der Waals surface area contributed by atoms with Crippen LogP contribution < -0.4 is 20.9 Å². The van der Waals surface area contributed by atoms with Gasteiger partial charge in [0.1, 0.15) is 5.56 Å². The van der Waals surface area contributed by atoms with E-state index >= 15 is 0 Å². The number of allylic oxidation sites excluding steroid dienone is 4. The Bertz CT molecular complexity index is 1610. The standard InChI is InChI=1S/C29H26N4O6/c1-3-39-25-23(27(36)33(29(38)31-25)21-15-9-5-10-16-21)18-12-6-11-17-22-24(19(2)34)30-28(37)32(26(22)35)20-13-7-4-8-14-20/h4-19,34H,3H2,1-2H3,(H,31,38). The Kier molecular flexibility index (Phi) is 8.27. The minimum atomic E-state index is -1.16. The number of anilines is 1. The lowest BCUT2D eigenvalue weighted by Gasteiger charge is -2.26. The molecule has 0 aliphatic carbocycles. The van der Waals surface area contributed by atoms with Gasteiger partial charge in [-0.1, -0.05) is 54.6 Å². The Labute approximate surface area is 223 Å². The second-order valence-electron chi connectivity index (χ2n) is 8.34. The highest BCUT2D eigenvalue weighted by atomic mass is 16.5. The first-order valence-corrected chi connectivity index (χ1v) is 12.2. The van der Waals surface area contributed by atoms with Gasteiger partial charge in [0.15, 0.2) is 0 Å². The zero-order valence-electron chi connectivity index (χ0n) is 21.3. The molecule has 3 aromatic rings. The molecule has 0 spiro atoms. The summed E-state index contributed by atoms with van der Waals surface area (Å²) < 4.78 is 6.49. The number of carbonyl (C=O) groups is 2. The Morgan fingerprint density at radius 3 is 2.21 bits per heavy atom. The van der Waals surface area contributed by atoms with Crippen LogP contribution in [0.15, 0.2) is 105 Å². The number of aliphatic hydroxyl groups is 1. The molecule has 1 atom stereocenters. The molecule has 10 heteroatoms. The summed E-state index contributed by atoms with van der Waals surface area (Å²) in [5.74, 6) is -0.596. The summed E-state index contributed by atoms with van der Waals surface area (Å²) in [5, 5.41) is 10.1. The number of nitrogens with one attached hydrogen (secondary N) is 1. The molecule has 2 heterocycles. The highest BCUT2D eigenvalue weighted by molar-refractivity contribution is 6.38. The molecule has 2 aromatic carbocycles. The first-order chi connectivity index (χ1) is 18.8. The molecule has 1 aliphatic heterocycles. The highest BCUT2D eigenvalue weighted by Gasteiger charge is 2.35. The van der Waals surface area contributed by atoms with E-state index in [1.54, 1.807) is 73.7 Å². The fraction of sp³-hybridized carbons (Fsp3) is 0.138. The van der Waals surface area contributed by atoms with E-state index in [9.17, 15) is 24.3 Å². The van der Waals surface area contributed by atoms with Gasteiger partial charge in [0.2, 0.25) is 5.88 Å². The molecule has 1 unspecified atom stereocenters. The smallest absolute Gasteiger partial charge is 0.355 e. The molecular weight excluding hydrogens is 500 g/mol. The first-order valence-electron chi connectivity index (χ1n) is 12.2. The Balaban J connectivity index is 1.68. The molecule has 4 rings (SSSR count). The van der Waals surface area contributed by atoms with Crippen molar-refractivity contribution >= 4 is 29.4 Å². The molecule has 10 nitrogen and oxygen atoms in total. The van der Waals surface area contributed by atoms with Crippen LogP contribution in [-0.2, 0) is 4.79 Å². The summed E-state index contributed by atoms with van der Waals surface area (Å²) in [6.45, 7) is 3.37. The lowest BCUT2D eigenvalue weighted by molar-refractivity contribution is -0.114. The van der Waals surface area contributed by atoms with E-state index in [4.69, 9.17) is 4.74 Å². The van der Waals surface area contributed by atoms with Crippen LogP contribution in [0.5, 0.6) is 5.88 Å². The molecule has 39 heavy (non-hydrogen) atoms. The number of aromatic nitrogens is 2. The van der Waals surface area contributed by atoms with Gasteiger partial charge in [-0.2, -0.15) is 4.99 Å². The maximum atomic E-state index is 13.2. The molecule has 0 saturated carbocycles. The van der Waals surface area contributed by atoms with E-state index in [1.807, 2.05) is 0 Å². The topological polar surface area (TPSA) is 134 Å². The van der Waals surface area contributed by atoms with E-state index in [2.05, 4.69) is 9.98 Å². The van der Waals surface area contributed by atoms with E-state index in [-0.39, 0.29) is 29.3 Å². The number of ether oxygens (including phenoxy) is 1. The van der Waals surface area contributed by atoms with Crippen molar-refractivity contribution in [2.24, 2.45) is 4.99 Å². The van der Waals surface area contributed by atoms with Gasteiger partial charge in [0.25, 0.3) is 11.5 Å². The van der Waals surface area contributed by atoms with Crippen LogP contribution in [0.4, 0.5) is 10.5 Å². The first kappa shape index (κ1) is 27.0. The third-order valence-corrected chi connectivity index (χ3v) is 5.68. The summed E-state index contributed by atoms with van der Waals surface area (Å²) in [5.41, 5.74) is -0.325. The zero-order valence-corrected chi connectivity index (χ0v) is 21.3. The lowest BCUT2D eigenvalue weighted by atomic mass is 10.0. The van der Waals surface area contributed by atoms with Crippen molar-refractivity contribution in [2.75, 3.05) is 11.5 Å². The van der Waals surface area contributed by atoms with Crippen molar-refractivity contribution < 1.29 is 19.4 Å². The number of hydrogen-bond acceptors (Lipinski definition) is 6. The van der Waals surface area contributed by atoms with Crippen LogP contribution in [0.3, 0.4) is 0 Å². The van der Waals surface area contributed by atoms with E-state index in [1.165, 1.54) is 31.2 Å². The van der Waals surface area contributed by atoms with Gasteiger partial charge in [0, 0.05) is 0 Å². The summed E-state index contributed by atoms with van der Waals surface area (Å²) in [6.07, 6.45) is 6.36. The predicted octanol–water partition coefficient (Wildman–Crippen LogP) is 3.41. The third kappa shape index (κ3) is 5.76. The second kappa shape index (κ2) is 12.0. The van der Waals surface area contributed by atoms with E-state index in [0.29, 0.717) is 11.4 Å². The van der Waals surface area contributed by atoms with Gasteiger partial charge in [-0.3, -0.25) is 14.6 Å².